The van der Waals surface area contributed by atoms with Crippen molar-refractivity contribution >= 4 is 12.1 Å². The molecular formula is C14H24N2O4. The van der Waals surface area contributed by atoms with Gasteiger partial charge in [0.2, 0.25) is 0 Å². The Kier molecular flexibility index (Phi) is 3.71. The van der Waals surface area contributed by atoms with Crippen LogP contribution in [0.3, 0.4) is 0 Å². The van der Waals surface area contributed by atoms with Gasteiger partial charge in [-0.05, 0) is 52.9 Å². The molecule has 2 saturated heterocycles. The van der Waals surface area contributed by atoms with E-state index >= 15 is 0 Å². The molecule has 0 aromatic carbocycles. The Bertz CT molecular complexity index is 402. The van der Waals surface area contributed by atoms with E-state index in [2.05, 4.69) is 0 Å². The molecule has 2 unspecified atom stereocenters. The first-order valence-corrected chi connectivity index (χ1v) is 7.16. The van der Waals surface area contributed by atoms with Gasteiger partial charge in [0.05, 0.1) is 0 Å². The van der Waals surface area contributed by atoms with Gasteiger partial charge in [-0.25, -0.2) is 4.79 Å². The minimum atomic E-state index is -1.21. The first kappa shape index (κ1) is 15.1. The van der Waals surface area contributed by atoms with E-state index in [0.29, 0.717) is 12.8 Å². The number of amides is 1. The lowest BCUT2D eigenvalue weighted by molar-refractivity contribution is -0.148. The molecule has 2 rings (SSSR count). The summed E-state index contributed by atoms with van der Waals surface area (Å²) < 4.78 is 5.44. The zero-order valence-electron chi connectivity index (χ0n) is 12.4. The fraction of sp³-hybridized carbons (Fsp3) is 0.857. The third-order valence-electron chi connectivity index (χ3n) is 4.09. The summed E-state index contributed by atoms with van der Waals surface area (Å²) >= 11 is 0. The molecule has 20 heavy (non-hydrogen) atoms. The second-order valence-corrected chi connectivity index (χ2v) is 7.00. The lowest BCUT2D eigenvalue weighted by atomic mass is 9.74. The third kappa shape index (κ3) is 2.90. The highest BCUT2D eigenvalue weighted by Crippen LogP contribution is 2.39. The van der Waals surface area contributed by atoms with Gasteiger partial charge in [-0.3, -0.25) is 4.79 Å². The molecule has 6 nitrogen and oxygen atoms in total. The second kappa shape index (κ2) is 4.91. The number of ether oxygens (including phenoxy) is 1. The maximum absolute atomic E-state index is 12.3. The van der Waals surface area contributed by atoms with Gasteiger partial charge in [0.15, 0.2) is 0 Å². The lowest BCUT2D eigenvalue weighted by Crippen LogP contribution is -2.65. The summed E-state index contributed by atoms with van der Waals surface area (Å²) in [5.41, 5.74) is 4.24. The van der Waals surface area contributed by atoms with Gasteiger partial charge in [0.1, 0.15) is 11.1 Å². The van der Waals surface area contributed by atoms with E-state index in [4.69, 9.17) is 10.5 Å². The highest BCUT2D eigenvalue weighted by molar-refractivity contribution is 5.79. The quantitative estimate of drug-likeness (QED) is 0.764. The first-order chi connectivity index (χ1) is 9.12. The van der Waals surface area contributed by atoms with Gasteiger partial charge in [0, 0.05) is 12.1 Å². The highest BCUT2D eigenvalue weighted by Gasteiger charge is 2.50. The molecule has 0 aliphatic carbocycles. The van der Waals surface area contributed by atoms with Crippen LogP contribution in [0.5, 0.6) is 0 Å². The number of carbonyl (C=O) groups excluding carboxylic acids is 1. The number of piperidine rings is 2. The number of carboxylic acid groups (broad SMARTS) is 1. The standard InChI is InChI=1S/C14H24N2O4/c1-13(2,3)20-12(19)16-9-5-4-6-10(16)8-14(15,7-9)11(17)18/h9-10H,4-8,15H2,1-3H3,(H,17,18). The van der Waals surface area contributed by atoms with Crippen molar-refractivity contribution in [3.63, 3.8) is 0 Å². The minimum absolute atomic E-state index is 0.126. The molecule has 2 fully saturated rings. The third-order valence-corrected chi connectivity index (χ3v) is 4.09. The van der Waals surface area contributed by atoms with Crippen LogP contribution >= 0.6 is 0 Å². The van der Waals surface area contributed by atoms with Gasteiger partial charge in [0.25, 0.3) is 0 Å². The van der Waals surface area contributed by atoms with Crippen LogP contribution in [0.1, 0.15) is 52.9 Å². The van der Waals surface area contributed by atoms with Crippen molar-refractivity contribution in [2.45, 2.75) is 76.1 Å². The normalized spacial score (nSPS) is 33.7. The Labute approximate surface area is 119 Å². The van der Waals surface area contributed by atoms with E-state index in [0.717, 1.165) is 19.3 Å². The molecule has 0 aromatic heterocycles. The number of hydrogen-bond donors (Lipinski definition) is 2. The van der Waals surface area contributed by atoms with Crippen LogP contribution in [0.2, 0.25) is 0 Å². The van der Waals surface area contributed by atoms with Gasteiger partial charge < -0.3 is 20.5 Å². The SMILES string of the molecule is CC(C)(C)OC(=O)N1C2CCCC1CC(N)(C(=O)O)C2. The average Bonchev–Trinajstić information content (AvgIpc) is 2.24. The molecule has 0 saturated carbocycles. The predicted molar refractivity (Wildman–Crippen MR) is 73.3 cm³/mol. The van der Waals surface area contributed by atoms with Crippen molar-refractivity contribution in [3.05, 3.63) is 0 Å². The van der Waals surface area contributed by atoms with Crippen molar-refractivity contribution < 1.29 is 19.4 Å². The Morgan fingerprint density at radius 2 is 1.75 bits per heavy atom. The largest absolute Gasteiger partial charge is 0.480 e. The van der Waals surface area contributed by atoms with E-state index in [9.17, 15) is 14.7 Å². The Balaban J connectivity index is 2.17. The predicted octanol–water partition coefficient (Wildman–Crippen LogP) is 1.72. The number of fused-ring (bicyclic) bond motifs is 2. The summed E-state index contributed by atoms with van der Waals surface area (Å²) in [4.78, 5) is 25.4. The van der Waals surface area contributed by atoms with E-state index in [1.54, 1.807) is 4.90 Å². The summed E-state index contributed by atoms with van der Waals surface area (Å²) in [5.74, 6) is -0.974. The summed E-state index contributed by atoms with van der Waals surface area (Å²) in [6.07, 6.45) is 2.85. The molecule has 3 N–H and O–H groups in total. The minimum Gasteiger partial charge on any atom is -0.480 e. The second-order valence-electron chi connectivity index (χ2n) is 7.00. The highest BCUT2D eigenvalue weighted by atomic mass is 16.6. The molecule has 114 valence electrons. The summed E-state index contributed by atoms with van der Waals surface area (Å²) in [6.45, 7) is 5.49. The molecule has 2 heterocycles. The Hall–Kier alpha value is -1.30. The van der Waals surface area contributed by atoms with E-state index < -0.39 is 17.1 Å². The molecule has 2 aliphatic heterocycles. The van der Waals surface area contributed by atoms with E-state index in [-0.39, 0.29) is 18.2 Å². The average molecular weight is 284 g/mol. The van der Waals surface area contributed by atoms with Crippen LogP contribution in [0.4, 0.5) is 4.79 Å². The topological polar surface area (TPSA) is 92.9 Å². The number of carbonyl (C=O) groups is 2. The van der Waals surface area contributed by atoms with Gasteiger partial charge >= 0.3 is 12.1 Å². The van der Waals surface area contributed by atoms with Gasteiger partial charge in [-0.15, -0.1) is 0 Å². The summed E-state index contributed by atoms with van der Waals surface area (Å²) in [5, 5.41) is 9.30. The van der Waals surface area contributed by atoms with Crippen LogP contribution < -0.4 is 5.73 Å². The Morgan fingerprint density at radius 3 is 2.15 bits per heavy atom. The number of carboxylic acids is 1. The zero-order chi connectivity index (χ0) is 15.1. The number of rotatable bonds is 1. The monoisotopic (exact) mass is 284 g/mol. The molecule has 0 radical (unpaired) electrons. The smallest absolute Gasteiger partial charge is 0.410 e. The molecule has 1 amide bonds. The van der Waals surface area contributed by atoms with Crippen LogP contribution in [0, 0.1) is 0 Å². The maximum Gasteiger partial charge on any atom is 0.410 e. The fourth-order valence-electron chi connectivity index (χ4n) is 3.28. The molecule has 2 aliphatic rings. The zero-order valence-corrected chi connectivity index (χ0v) is 12.4. The molecule has 0 spiro atoms. The van der Waals surface area contributed by atoms with Crippen molar-refractivity contribution in [1.29, 1.82) is 0 Å². The van der Waals surface area contributed by atoms with E-state index in [1.807, 2.05) is 20.8 Å². The molecular weight excluding hydrogens is 260 g/mol. The van der Waals surface area contributed by atoms with E-state index in [1.165, 1.54) is 0 Å². The molecule has 0 aromatic rings. The van der Waals surface area contributed by atoms with Crippen molar-refractivity contribution in [2.24, 2.45) is 5.73 Å². The van der Waals surface area contributed by atoms with Crippen molar-refractivity contribution in [2.75, 3.05) is 0 Å². The number of nitrogens with zero attached hydrogens (tertiary/aromatic N) is 1. The van der Waals surface area contributed by atoms with Crippen molar-refractivity contribution in [3.8, 4) is 0 Å². The van der Waals surface area contributed by atoms with Gasteiger partial charge in [-0.2, -0.15) is 0 Å². The number of nitrogens with two attached hydrogens (primary N) is 1. The van der Waals surface area contributed by atoms with Crippen LogP contribution in [0.25, 0.3) is 0 Å². The van der Waals surface area contributed by atoms with Crippen LogP contribution in [-0.4, -0.2) is 45.3 Å². The lowest BCUT2D eigenvalue weighted by Gasteiger charge is -2.50. The first-order valence-electron chi connectivity index (χ1n) is 7.16. The molecule has 6 heteroatoms. The fourth-order valence-corrected chi connectivity index (χ4v) is 3.28. The number of aliphatic carboxylic acids is 1. The van der Waals surface area contributed by atoms with Crippen LogP contribution in [0.15, 0.2) is 0 Å². The van der Waals surface area contributed by atoms with Gasteiger partial charge in [-0.1, -0.05) is 0 Å². The maximum atomic E-state index is 12.3. The summed E-state index contributed by atoms with van der Waals surface area (Å²) in [7, 11) is 0. The Morgan fingerprint density at radius 1 is 1.25 bits per heavy atom. The molecule has 2 atom stereocenters. The number of hydrogen-bond acceptors (Lipinski definition) is 4. The summed E-state index contributed by atoms with van der Waals surface area (Å²) in [6, 6.07) is -0.253. The van der Waals surface area contributed by atoms with Crippen LogP contribution in [-0.2, 0) is 9.53 Å². The molecule has 2 bridgehead atoms. The van der Waals surface area contributed by atoms with Crippen molar-refractivity contribution in [1.82, 2.24) is 4.90 Å².